The van der Waals surface area contributed by atoms with Crippen molar-refractivity contribution in [3.8, 4) is 0 Å². The second-order valence-electron chi connectivity index (χ2n) is 9.66. The first-order valence-corrected chi connectivity index (χ1v) is 14.2. The number of pyridine rings is 1. The SMILES string of the molecule is O=C(Cc1ccc2nn(CC(=O)N3CCC(S(=O)(=O)c4ccccc4)CC3)cc2c1)c1cccc(C(F)(F)F)n1. The Hall–Kier alpha value is -4.06. The number of amides is 1. The number of rotatable bonds is 7. The monoisotopic (exact) mass is 570 g/mol. The van der Waals surface area contributed by atoms with Crippen LogP contribution < -0.4 is 0 Å². The van der Waals surface area contributed by atoms with E-state index in [4.69, 9.17) is 0 Å². The summed E-state index contributed by atoms with van der Waals surface area (Å²) in [7, 11) is -3.46. The summed E-state index contributed by atoms with van der Waals surface area (Å²) in [6.07, 6.45) is -2.42. The third kappa shape index (κ3) is 5.91. The molecule has 208 valence electrons. The predicted molar refractivity (Wildman–Crippen MR) is 140 cm³/mol. The van der Waals surface area contributed by atoms with Gasteiger partial charge in [-0.25, -0.2) is 13.4 Å². The van der Waals surface area contributed by atoms with Crippen LogP contribution in [0.2, 0.25) is 0 Å². The Balaban J connectivity index is 1.21. The van der Waals surface area contributed by atoms with Crippen molar-refractivity contribution in [3.63, 3.8) is 0 Å². The van der Waals surface area contributed by atoms with Crippen LogP contribution in [0, 0.1) is 0 Å². The summed E-state index contributed by atoms with van der Waals surface area (Å²) in [5.41, 5.74) is -0.225. The van der Waals surface area contributed by atoms with Crippen molar-refractivity contribution in [2.45, 2.75) is 42.1 Å². The number of piperidine rings is 1. The molecule has 1 amide bonds. The number of benzene rings is 2. The number of hydrogen-bond donors (Lipinski definition) is 0. The molecular formula is C28H25F3N4O4S. The first-order chi connectivity index (χ1) is 19.0. The number of sulfone groups is 1. The molecule has 8 nitrogen and oxygen atoms in total. The van der Waals surface area contributed by atoms with Gasteiger partial charge in [0, 0.05) is 31.1 Å². The number of carbonyl (C=O) groups excluding carboxylic acids is 2. The van der Waals surface area contributed by atoms with Crippen LogP contribution in [0.4, 0.5) is 13.2 Å². The first kappa shape index (κ1) is 27.5. The second-order valence-corrected chi connectivity index (χ2v) is 11.9. The lowest BCUT2D eigenvalue weighted by atomic mass is 10.0. The molecule has 0 saturated carbocycles. The molecule has 0 N–H and O–H groups in total. The van der Waals surface area contributed by atoms with Crippen molar-refractivity contribution in [2.75, 3.05) is 13.1 Å². The predicted octanol–water partition coefficient (Wildman–Crippen LogP) is 4.34. The number of halogens is 3. The van der Waals surface area contributed by atoms with Crippen molar-refractivity contribution in [1.82, 2.24) is 19.7 Å². The van der Waals surface area contributed by atoms with Crippen LogP contribution in [0.15, 0.2) is 77.8 Å². The number of aromatic nitrogens is 3. The van der Waals surface area contributed by atoms with Gasteiger partial charge in [-0.3, -0.25) is 14.3 Å². The molecule has 0 aliphatic carbocycles. The standard InChI is InChI=1S/C28H25F3N4O4S/c29-28(30,31)26-8-4-7-24(32-26)25(36)16-19-9-10-23-20(15-19)17-35(33-23)18-27(37)34-13-11-22(12-14-34)40(38,39)21-5-2-1-3-6-21/h1-10,15,17,22H,11-14,16,18H2. The van der Waals surface area contributed by atoms with Crippen molar-refractivity contribution in [3.05, 3.63) is 89.9 Å². The van der Waals surface area contributed by atoms with Crippen LogP contribution >= 0.6 is 0 Å². The minimum Gasteiger partial charge on any atom is -0.341 e. The summed E-state index contributed by atoms with van der Waals surface area (Å²) in [4.78, 5) is 30.9. The van der Waals surface area contributed by atoms with E-state index in [1.54, 1.807) is 59.6 Å². The van der Waals surface area contributed by atoms with E-state index >= 15 is 0 Å². The molecule has 1 aliphatic heterocycles. The van der Waals surface area contributed by atoms with Crippen LogP contribution in [-0.2, 0) is 33.8 Å². The summed E-state index contributed by atoms with van der Waals surface area (Å²) in [6, 6.07) is 16.6. The van der Waals surface area contributed by atoms with E-state index in [0.717, 1.165) is 12.1 Å². The van der Waals surface area contributed by atoms with Gasteiger partial charge >= 0.3 is 6.18 Å². The average Bonchev–Trinajstić information content (AvgIpc) is 3.34. The van der Waals surface area contributed by atoms with Gasteiger partial charge in [0.15, 0.2) is 15.6 Å². The van der Waals surface area contributed by atoms with E-state index in [9.17, 15) is 31.2 Å². The quantitative estimate of drug-likeness (QED) is 0.307. The highest BCUT2D eigenvalue weighted by Crippen LogP contribution is 2.28. The molecule has 0 bridgehead atoms. The largest absolute Gasteiger partial charge is 0.433 e. The van der Waals surface area contributed by atoms with Gasteiger partial charge < -0.3 is 4.90 Å². The Morgan fingerprint density at radius 2 is 1.68 bits per heavy atom. The van der Waals surface area contributed by atoms with Crippen molar-refractivity contribution in [1.29, 1.82) is 0 Å². The number of nitrogens with zero attached hydrogens (tertiary/aromatic N) is 4. The molecule has 3 heterocycles. The number of hydrogen-bond acceptors (Lipinski definition) is 6. The summed E-state index contributed by atoms with van der Waals surface area (Å²) < 4.78 is 66.1. The average molecular weight is 571 g/mol. The normalized spacial score (nSPS) is 14.9. The smallest absolute Gasteiger partial charge is 0.341 e. The fourth-order valence-electron chi connectivity index (χ4n) is 4.80. The van der Waals surface area contributed by atoms with Crippen LogP contribution in [0.5, 0.6) is 0 Å². The first-order valence-electron chi connectivity index (χ1n) is 12.6. The number of likely N-dealkylation sites (tertiary alicyclic amines) is 1. The van der Waals surface area contributed by atoms with Gasteiger partial charge in [0.1, 0.15) is 17.9 Å². The fraction of sp³-hybridized carbons (Fsp3) is 0.286. The zero-order valence-electron chi connectivity index (χ0n) is 21.2. The number of alkyl halides is 3. The molecule has 0 radical (unpaired) electrons. The van der Waals surface area contributed by atoms with Crippen LogP contribution in [0.3, 0.4) is 0 Å². The van der Waals surface area contributed by atoms with Crippen molar-refractivity contribution in [2.24, 2.45) is 0 Å². The maximum absolute atomic E-state index is 12.9. The molecule has 2 aromatic heterocycles. The number of ketones is 1. The highest BCUT2D eigenvalue weighted by Gasteiger charge is 2.34. The molecule has 0 unspecified atom stereocenters. The van der Waals surface area contributed by atoms with Crippen molar-refractivity contribution >= 4 is 32.4 Å². The van der Waals surface area contributed by atoms with Gasteiger partial charge in [0.05, 0.1) is 15.7 Å². The zero-order chi connectivity index (χ0) is 28.5. The third-order valence-corrected chi connectivity index (χ3v) is 9.19. The summed E-state index contributed by atoms with van der Waals surface area (Å²) >= 11 is 0. The topological polar surface area (TPSA) is 102 Å². The Morgan fingerprint density at radius 3 is 2.38 bits per heavy atom. The summed E-state index contributed by atoms with van der Waals surface area (Å²) in [6.45, 7) is 0.617. The Labute approximate surface area is 228 Å². The summed E-state index contributed by atoms with van der Waals surface area (Å²) in [5, 5.41) is 4.54. The van der Waals surface area contributed by atoms with E-state index in [0.29, 0.717) is 42.4 Å². The molecule has 0 atom stereocenters. The highest BCUT2D eigenvalue weighted by atomic mass is 32.2. The molecule has 0 spiro atoms. The minimum atomic E-state index is -4.64. The molecule has 2 aromatic carbocycles. The lowest BCUT2D eigenvalue weighted by molar-refractivity contribution is -0.141. The maximum atomic E-state index is 12.9. The van der Waals surface area contributed by atoms with Crippen LogP contribution in [-0.4, -0.2) is 58.1 Å². The lowest BCUT2D eigenvalue weighted by Gasteiger charge is -2.31. The summed E-state index contributed by atoms with van der Waals surface area (Å²) in [5.74, 6) is -0.736. The molecular weight excluding hydrogens is 545 g/mol. The maximum Gasteiger partial charge on any atom is 0.433 e. The van der Waals surface area contributed by atoms with Gasteiger partial charge in [-0.1, -0.05) is 30.3 Å². The van der Waals surface area contributed by atoms with E-state index in [1.807, 2.05) is 0 Å². The highest BCUT2D eigenvalue weighted by molar-refractivity contribution is 7.92. The molecule has 4 aromatic rings. The number of carbonyl (C=O) groups is 2. The Morgan fingerprint density at radius 1 is 0.950 bits per heavy atom. The molecule has 5 rings (SSSR count). The molecule has 12 heteroatoms. The van der Waals surface area contributed by atoms with Crippen LogP contribution in [0.1, 0.15) is 34.6 Å². The van der Waals surface area contributed by atoms with E-state index in [2.05, 4.69) is 10.1 Å². The van der Waals surface area contributed by atoms with Gasteiger partial charge in [0.2, 0.25) is 5.91 Å². The van der Waals surface area contributed by atoms with E-state index in [-0.39, 0.29) is 29.5 Å². The number of fused-ring (bicyclic) bond motifs is 1. The Kier molecular flexibility index (Phi) is 7.45. The van der Waals surface area contributed by atoms with Gasteiger partial charge in [0.25, 0.3) is 0 Å². The molecule has 1 aliphatic rings. The van der Waals surface area contributed by atoms with Gasteiger partial charge in [-0.05, 0) is 54.8 Å². The lowest BCUT2D eigenvalue weighted by Crippen LogP contribution is -2.43. The molecule has 1 saturated heterocycles. The fourth-order valence-corrected chi connectivity index (χ4v) is 6.55. The second kappa shape index (κ2) is 10.8. The van der Waals surface area contributed by atoms with Gasteiger partial charge in [-0.15, -0.1) is 0 Å². The van der Waals surface area contributed by atoms with Crippen LogP contribution in [0.25, 0.3) is 10.9 Å². The van der Waals surface area contributed by atoms with E-state index < -0.39 is 32.7 Å². The van der Waals surface area contributed by atoms with Crippen molar-refractivity contribution < 1.29 is 31.2 Å². The Bertz CT molecular complexity index is 1660. The zero-order valence-corrected chi connectivity index (χ0v) is 22.0. The molecule has 40 heavy (non-hydrogen) atoms. The van der Waals surface area contributed by atoms with E-state index in [1.165, 1.54) is 10.7 Å². The van der Waals surface area contributed by atoms with Gasteiger partial charge in [-0.2, -0.15) is 18.3 Å². The minimum absolute atomic E-state index is 0.0345. The molecule has 1 fully saturated rings. The number of Topliss-reactive ketones (excluding diaryl/α,β-unsaturated/α-hetero) is 1. The third-order valence-electron chi connectivity index (χ3n) is 6.91.